The number of nitrogens with two attached hydrogens (primary N) is 1. The average molecular weight is 192 g/mol. The lowest BCUT2D eigenvalue weighted by Gasteiger charge is -1.95. The van der Waals surface area contributed by atoms with Gasteiger partial charge in [-0.15, -0.1) is 0 Å². The SMILES string of the molecule is CC(N)c1coc(Cc2ccco2)n1. The first kappa shape index (κ1) is 9.02. The Balaban J connectivity index is 2.11. The van der Waals surface area contributed by atoms with Crippen molar-refractivity contribution in [3.05, 3.63) is 42.0 Å². The van der Waals surface area contributed by atoms with Crippen molar-refractivity contribution in [3.63, 3.8) is 0 Å². The van der Waals surface area contributed by atoms with Crippen LogP contribution in [0, 0.1) is 0 Å². The maximum Gasteiger partial charge on any atom is 0.201 e. The third-order valence-corrected chi connectivity index (χ3v) is 1.94. The lowest BCUT2D eigenvalue weighted by molar-refractivity contribution is 0.464. The predicted octanol–water partition coefficient (Wildman–Crippen LogP) is 1.88. The van der Waals surface area contributed by atoms with E-state index < -0.39 is 0 Å². The largest absolute Gasteiger partial charge is 0.469 e. The number of oxazole rings is 1. The molecule has 4 heteroatoms. The van der Waals surface area contributed by atoms with Crippen LogP contribution in [0.3, 0.4) is 0 Å². The molecule has 0 bridgehead atoms. The van der Waals surface area contributed by atoms with E-state index in [1.807, 2.05) is 19.1 Å². The number of hydrogen-bond acceptors (Lipinski definition) is 4. The Morgan fingerprint density at radius 3 is 2.93 bits per heavy atom. The standard InChI is InChI=1S/C10H12N2O2/c1-7(11)9-6-14-10(12-9)5-8-3-2-4-13-8/h2-4,6-7H,5,11H2,1H3. The van der Waals surface area contributed by atoms with Crippen LogP contribution in [0.2, 0.25) is 0 Å². The first-order valence-corrected chi connectivity index (χ1v) is 4.48. The molecular weight excluding hydrogens is 180 g/mol. The smallest absolute Gasteiger partial charge is 0.201 e. The van der Waals surface area contributed by atoms with E-state index in [1.54, 1.807) is 12.5 Å². The maximum absolute atomic E-state index is 5.65. The molecule has 0 amide bonds. The van der Waals surface area contributed by atoms with E-state index in [2.05, 4.69) is 4.98 Å². The Hall–Kier alpha value is -1.55. The van der Waals surface area contributed by atoms with Crippen LogP contribution in [0.4, 0.5) is 0 Å². The number of hydrogen-bond donors (Lipinski definition) is 1. The van der Waals surface area contributed by atoms with Gasteiger partial charge in [-0.25, -0.2) is 4.98 Å². The minimum atomic E-state index is -0.0934. The minimum Gasteiger partial charge on any atom is -0.469 e. The quantitative estimate of drug-likeness (QED) is 0.806. The number of furan rings is 1. The second-order valence-electron chi connectivity index (χ2n) is 3.21. The van der Waals surface area contributed by atoms with Crippen molar-refractivity contribution < 1.29 is 8.83 Å². The molecule has 1 atom stereocenters. The molecule has 14 heavy (non-hydrogen) atoms. The molecule has 0 saturated carbocycles. The fourth-order valence-electron chi connectivity index (χ4n) is 1.18. The third kappa shape index (κ3) is 1.85. The van der Waals surface area contributed by atoms with Crippen molar-refractivity contribution in [2.24, 2.45) is 5.73 Å². The molecule has 0 radical (unpaired) electrons. The first-order valence-electron chi connectivity index (χ1n) is 4.48. The lowest BCUT2D eigenvalue weighted by Crippen LogP contribution is -2.05. The summed E-state index contributed by atoms with van der Waals surface area (Å²) >= 11 is 0. The van der Waals surface area contributed by atoms with Crippen LogP contribution in [-0.2, 0) is 6.42 Å². The zero-order valence-electron chi connectivity index (χ0n) is 7.93. The Morgan fingerprint density at radius 1 is 1.50 bits per heavy atom. The Kier molecular flexibility index (Phi) is 2.37. The second-order valence-corrected chi connectivity index (χ2v) is 3.21. The van der Waals surface area contributed by atoms with Crippen LogP contribution >= 0.6 is 0 Å². The van der Waals surface area contributed by atoms with Crippen LogP contribution in [0.15, 0.2) is 33.5 Å². The van der Waals surface area contributed by atoms with Gasteiger partial charge >= 0.3 is 0 Å². The van der Waals surface area contributed by atoms with Crippen molar-refractivity contribution in [3.8, 4) is 0 Å². The molecule has 0 aliphatic rings. The van der Waals surface area contributed by atoms with Crippen molar-refractivity contribution in [1.29, 1.82) is 0 Å². The van der Waals surface area contributed by atoms with Gasteiger partial charge in [0.2, 0.25) is 5.89 Å². The number of nitrogens with zero attached hydrogens (tertiary/aromatic N) is 1. The molecule has 74 valence electrons. The molecule has 2 aromatic heterocycles. The molecule has 2 heterocycles. The van der Waals surface area contributed by atoms with Crippen LogP contribution in [0.5, 0.6) is 0 Å². The zero-order chi connectivity index (χ0) is 9.97. The summed E-state index contributed by atoms with van der Waals surface area (Å²) in [7, 11) is 0. The maximum atomic E-state index is 5.65. The molecule has 0 aromatic carbocycles. The van der Waals surface area contributed by atoms with Gasteiger partial charge in [0.15, 0.2) is 0 Å². The van der Waals surface area contributed by atoms with Gasteiger partial charge in [-0.3, -0.25) is 0 Å². The minimum absolute atomic E-state index is 0.0934. The van der Waals surface area contributed by atoms with Crippen molar-refractivity contribution in [2.75, 3.05) is 0 Å². The van der Waals surface area contributed by atoms with E-state index in [-0.39, 0.29) is 6.04 Å². The number of rotatable bonds is 3. The lowest BCUT2D eigenvalue weighted by atomic mass is 10.3. The van der Waals surface area contributed by atoms with Gasteiger partial charge in [0.05, 0.1) is 18.4 Å². The summed E-state index contributed by atoms with van der Waals surface area (Å²) in [5.74, 6) is 1.47. The molecule has 0 aliphatic heterocycles. The highest BCUT2D eigenvalue weighted by Gasteiger charge is 2.08. The van der Waals surface area contributed by atoms with E-state index in [0.29, 0.717) is 12.3 Å². The van der Waals surface area contributed by atoms with Crippen LogP contribution < -0.4 is 5.73 Å². The van der Waals surface area contributed by atoms with E-state index >= 15 is 0 Å². The van der Waals surface area contributed by atoms with Gasteiger partial charge in [0.25, 0.3) is 0 Å². The average Bonchev–Trinajstić information content (AvgIpc) is 2.75. The predicted molar refractivity (Wildman–Crippen MR) is 50.6 cm³/mol. The number of aromatic nitrogens is 1. The third-order valence-electron chi connectivity index (χ3n) is 1.94. The molecular formula is C10H12N2O2. The molecule has 0 spiro atoms. The Labute approximate surface area is 81.7 Å². The van der Waals surface area contributed by atoms with E-state index in [0.717, 1.165) is 11.5 Å². The van der Waals surface area contributed by atoms with E-state index in [1.165, 1.54) is 0 Å². The Bertz CT molecular complexity index is 390. The molecule has 2 rings (SSSR count). The molecule has 4 nitrogen and oxygen atoms in total. The second kappa shape index (κ2) is 3.67. The molecule has 2 aromatic rings. The first-order chi connectivity index (χ1) is 6.75. The van der Waals surface area contributed by atoms with Gasteiger partial charge in [-0.05, 0) is 19.1 Å². The molecule has 2 N–H and O–H groups in total. The van der Waals surface area contributed by atoms with Crippen molar-refractivity contribution >= 4 is 0 Å². The van der Waals surface area contributed by atoms with Crippen molar-refractivity contribution in [1.82, 2.24) is 4.98 Å². The molecule has 0 aliphatic carbocycles. The summed E-state index contributed by atoms with van der Waals surface area (Å²) in [6, 6.07) is 3.63. The Morgan fingerprint density at radius 2 is 2.36 bits per heavy atom. The van der Waals surface area contributed by atoms with Crippen LogP contribution in [0.1, 0.15) is 30.3 Å². The van der Waals surface area contributed by atoms with Gasteiger partial charge in [-0.2, -0.15) is 0 Å². The van der Waals surface area contributed by atoms with E-state index in [4.69, 9.17) is 14.6 Å². The fraction of sp³-hybridized carbons (Fsp3) is 0.300. The summed E-state index contributed by atoms with van der Waals surface area (Å²) in [5.41, 5.74) is 6.42. The van der Waals surface area contributed by atoms with Crippen LogP contribution in [0.25, 0.3) is 0 Å². The summed E-state index contributed by atoms with van der Waals surface area (Å²) < 4.78 is 10.4. The zero-order valence-corrected chi connectivity index (χ0v) is 7.93. The fourth-order valence-corrected chi connectivity index (χ4v) is 1.18. The summed E-state index contributed by atoms with van der Waals surface area (Å²) in [6.07, 6.45) is 3.79. The highest BCUT2D eigenvalue weighted by molar-refractivity contribution is 5.08. The normalized spacial score (nSPS) is 13.0. The summed E-state index contributed by atoms with van der Waals surface area (Å²) in [4.78, 5) is 4.23. The monoisotopic (exact) mass is 192 g/mol. The van der Waals surface area contributed by atoms with Gasteiger partial charge < -0.3 is 14.6 Å². The van der Waals surface area contributed by atoms with Gasteiger partial charge in [0, 0.05) is 6.04 Å². The van der Waals surface area contributed by atoms with Gasteiger partial charge in [0.1, 0.15) is 12.0 Å². The summed E-state index contributed by atoms with van der Waals surface area (Å²) in [6.45, 7) is 1.87. The van der Waals surface area contributed by atoms with E-state index in [9.17, 15) is 0 Å². The molecule has 0 fully saturated rings. The highest BCUT2D eigenvalue weighted by atomic mass is 16.4. The summed E-state index contributed by atoms with van der Waals surface area (Å²) in [5, 5.41) is 0. The topological polar surface area (TPSA) is 65.2 Å². The molecule has 1 unspecified atom stereocenters. The highest BCUT2D eigenvalue weighted by Crippen LogP contribution is 2.13. The van der Waals surface area contributed by atoms with Crippen LogP contribution in [-0.4, -0.2) is 4.98 Å². The molecule has 0 saturated heterocycles. The van der Waals surface area contributed by atoms with Gasteiger partial charge in [-0.1, -0.05) is 0 Å². The van der Waals surface area contributed by atoms with Crippen molar-refractivity contribution in [2.45, 2.75) is 19.4 Å².